The molecule has 17 heavy (non-hydrogen) atoms. The van der Waals surface area contributed by atoms with Crippen LogP contribution in [0.15, 0.2) is 0 Å². The predicted molar refractivity (Wildman–Crippen MR) is 80.4 cm³/mol. The van der Waals surface area contributed by atoms with Gasteiger partial charge >= 0.3 is 0 Å². The second-order valence-electron chi connectivity index (χ2n) is 6.66. The van der Waals surface area contributed by atoms with Crippen molar-refractivity contribution in [1.82, 2.24) is 0 Å². The quantitative estimate of drug-likeness (QED) is 0.389. The molecule has 0 aromatic heterocycles. The molecular formula is C17H36. The molecule has 0 spiro atoms. The van der Waals surface area contributed by atoms with Crippen LogP contribution in [0.5, 0.6) is 0 Å². The fourth-order valence-electron chi connectivity index (χ4n) is 2.56. The third kappa shape index (κ3) is 12.2. The van der Waals surface area contributed by atoms with Crippen LogP contribution in [0.1, 0.15) is 92.4 Å². The van der Waals surface area contributed by atoms with Crippen LogP contribution < -0.4 is 0 Å². The van der Waals surface area contributed by atoms with E-state index < -0.39 is 0 Å². The highest BCUT2D eigenvalue weighted by atomic mass is 14.1. The molecule has 0 N–H and O–H groups in total. The van der Waals surface area contributed by atoms with Crippen LogP contribution >= 0.6 is 0 Å². The number of unbranched alkanes of at least 4 members (excludes halogenated alkanes) is 1. The van der Waals surface area contributed by atoms with Crippen LogP contribution in [0.3, 0.4) is 0 Å². The predicted octanol–water partition coefficient (Wildman–Crippen LogP) is 6.45. The molecular weight excluding hydrogens is 204 g/mol. The Balaban J connectivity index is 3.71. The summed E-state index contributed by atoms with van der Waals surface area (Å²) in [6.07, 6.45) is 13.0. The molecule has 0 aliphatic carbocycles. The van der Waals surface area contributed by atoms with E-state index in [1.165, 1.54) is 57.8 Å². The van der Waals surface area contributed by atoms with Crippen molar-refractivity contribution >= 4 is 0 Å². The summed E-state index contributed by atoms with van der Waals surface area (Å²) in [5, 5.41) is 0. The summed E-state index contributed by atoms with van der Waals surface area (Å²) in [4.78, 5) is 0. The van der Waals surface area contributed by atoms with Crippen LogP contribution in [-0.4, -0.2) is 0 Å². The van der Waals surface area contributed by atoms with Gasteiger partial charge in [-0.3, -0.25) is 0 Å². The normalized spacial score (nSPS) is 12.0. The molecule has 0 unspecified atom stereocenters. The zero-order chi connectivity index (χ0) is 13.1. The number of hydrogen-bond acceptors (Lipinski definition) is 0. The lowest BCUT2D eigenvalue weighted by molar-refractivity contribution is 0.356. The molecule has 0 aromatic carbocycles. The Morgan fingerprint density at radius 1 is 0.588 bits per heavy atom. The zero-order valence-corrected chi connectivity index (χ0v) is 13.1. The van der Waals surface area contributed by atoms with Crippen molar-refractivity contribution in [2.24, 2.45) is 17.8 Å². The van der Waals surface area contributed by atoms with Gasteiger partial charge in [-0.2, -0.15) is 0 Å². The van der Waals surface area contributed by atoms with Gasteiger partial charge in [0.25, 0.3) is 0 Å². The van der Waals surface area contributed by atoms with Crippen LogP contribution in [0.2, 0.25) is 0 Å². The zero-order valence-electron chi connectivity index (χ0n) is 13.1. The standard InChI is InChI=1S/C17H36/c1-6-7-12-17(13-8-10-15(2)3)14-9-11-16(4)5/h15-17H,6-14H2,1-5H3. The smallest absolute Gasteiger partial charge is 0.0414 e. The Kier molecular flexibility index (Phi) is 11.1. The first kappa shape index (κ1) is 17.0. The van der Waals surface area contributed by atoms with Gasteiger partial charge in [-0.15, -0.1) is 0 Å². The van der Waals surface area contributed by atoms with E-state index in [0.717, 1.165) is 17.8 Å². The topological polar surface area (TPSA) is 0 Å². The molecule has 0 nitrogen and oxygen atoms in total. The van der Waals surface area contributed by atoms with Crippen molar-refractivity contribution in [3.63, 3.8) is 0 Å². The fraction of sp³-hybridized carbons (Fsp3) is 1.00. The van der Waals surface area contributed by atoms with E-state index in [4.69, 9.17) is 0 Å². The SMILES string of the molecule is CCCCC(CCCC(C)C)CCCC(C)C. The van der Waals surface area contributed by atoms with Gasteiger partial charge in [0.05, 0.1) is 0 Å². The van der Waals surface area contributed by atoms with E-state index in [1.54, 1.807) is 0 Å². The summed E-state index contributed by atoms with van der Waals surface area (Å²) in [6, 6.07) is 0. The maximum atomic E-state index is 2.35. The molecule has 0 radical (unpaired) electrons. The van der Waals surface area contributed by atoms with Crippen LogP contribution in [0, 0.1) is 17.8 Å². The first-order valence-corrected chi connectivity index (χ1v) is 8.06. The van der Waals surface area contributed by atoms with E-state index in [0.29, 0.717) is 0 Å². The van der Waals surface area contributed by atoms with Crippen molar-refractivity contribution in [3.8, 4) is 0 Å². The van der Waals surface area contributed by atoms with E-state index in [9.17, 15) is 0 Å². The van der Waals surface area contributed by atoms with Crippen molar-refractivity contribution in [3.05, 3.63) is 0 Å². The van der Waals surface area contributed by atoms with Gasteiger partial charge in [0, 0.05) is 0 Å². The highest BCUT2D eigenvalue weighted by molar-refractivity contribution is 4.62. The Morgan fingerprint density at radius 3 is 1.35 bits per heavy atom. The molecule has 0 saturated heterocycles. The van der Waals surface area contributed by atoms with Gasteiger partial charge in [0.1, 0.15) is 0 Å². The summed E-state index contributed by atoms with van der Waals surface area (Å²) in [6.45, 7) is 11.7. The van der Waals surface area contributed by atoms with E-state index in [2.05, 4.69) is 34.6 Å². The maximum Gasteiger partial charge on any atom is -0.0414 e. The Labute approximate surface area is 111 Å². The average Bonchev–Trinajstić information content (AvgIpc) is 2.24. The van der Waals surface area contributed by atoms with Gasteiger partial charge in [-0.05, 0) is 17.8 Å². The monoisotopic (exact) mass is 240 g/mol. The molecule has 0 aliphatic rings. The second kappa shape index (κ2) is 11.1. The highest BCUT2D eigenvalue weighted by Crippen LogP contribution is 2.24. The first-order chi connectivity index (χ1) is 8.06. The molecule has 0 rings (SSSR count). The van der Waals surface area contributed by atoms with Crippen LogP contribution in [0.4, 0.5) is 0 Å². The van der Waals surface area contributed by atoms with Crippen molar-refractivity contribution in [2.45, 2.75) is 92.4 Å². The summed E-state index contributed by atoms with van der Waals surface area (Å²) >= 11 is 0. The van der Waals surface area contributed by atoms with E-state index >= 15 is 0 Å². The van der Waals surface area contributed by atoms with Gasteiger partial charge in [0.15, 0.2) is 0 Å². The van der Waals surface area contributed by atoms with Crippen LogP contribution in [-0.2, 0) is 0 Å². The minimum absolute atomic E-state index is 0.887. The lowest BCUT2D eigenvalue weighted by Gasteiger charge is -2.17. The van der Waals surface area contributed by atoms with E-state index in [-0.39, 0.29) is 0 Å². The average molecular weight is 240 g/mol. The number of hydrogen-bond donors (Lipinski definition) is 0. The minimum Gasteiger partial charge on any atom is -0.0654 e. The summed E-state index contributed by atoms with van der Waals surface area (Å²) in [7, 11) is 0. The van der Waals surface area contributed by atoms with Crippen molar-refractivity contribution in [2.75, 3.05) is 0 Å². The van der Waals surface area contributed by atoms with Crippen LogP contribution in [0.25, 0.3) is 0 Å². The molecule has 0 amide bonds. The summed E-state index contributed by atoms with van der Waals surface area (Å²) in [5.74, 6) is 2.79. The molecule has 0 heterocycles. The van der Waals surface area contributed by atoms with Gasteiger partial charge < -0.3 is 0 Å². The van der Waals surface area contributed by atoms with Gasteiger partial charge in [0.2, 0.25) is 0 Å². The third-order valence-corrected chi connectivity index (χ3v) is 3.75. The maximum absolute atomic E-state index is 2.35. The summed E-state index contributed by atoms with van der Waals surface area (Å²) < 4.78 is 0. The second-order valence-corrected chi connectivity index (χ2v) is 6.66. The number of rotatable bonds is 11. The lowest BCUT2D eigenvalue weighted by Crippen LogP contribution is -2.03. The Hall–Kier alpha value is 0. The largest absolute Gasteiger partial charge is 0.0654 e. The van der Waals surface area contributed by atoms with Gasteiger partial charge in [-0.25, -0.2) is 0 Å². The molecule has 0 atom stereocenters. The molecule has 104 valence electrons. The minimum atomic E-state index is 0.887. The molecule has 0 heteroatoms. The van der Waals surface area contributed by atoms with Crippen molar-refractivity contribution in [1.29, 1.82) is 0 Å². The summed E-state index contributed by atoms with van der Waals surface area (Å²) in [5.41, 5.74) is 0. The highest BCUT2D eigenvalue weighted by Gasteiger charge is 2.09. The van der Waals surface area contributed by atoms with Gasteiger partial charge in [-0.1, -0.05) is 92.4 Å². The molecule has 0 fully saturated rings. The first-order valence-electron chi connectivity index (χ1n) is 8.06. The Bertz CT molecular complexity index is 132. The van der Waals surface area contributed by atoms with Crippen molar-refractivity contribution < 1.29 is 0 Å². The fourth-order valence-corrected chi connectivity index (χ4v) is 2.56. The third-order valence-electron chi connectivity index (χ3n) is 3.75. The van der Waals surface area contributed by atoms with E-state index in [1.807, 2.05) is 0 Å². The molecule has 0 bridgehead atoms. The molecule has 0 aliphatic heterocycles. The lowest BCUT2D eigenvalue weighted by atomic mass is 9.89. The molecule has 0 saturated carbocycles. The molecule has 0 aromatic rings. The Morgan fingerprint density at radius 2 is 1.00 bits per heavy atom.